The molecule has 2 heterocycles. The summed E-state index contributed by atoms with van der Waals surface area (Å²) in [4.78, 5) is 0. The van der Waals surface area contributed by atoms with Crippen LogP contribution in [-0.2, 0) is 14.2 Å². The molecule has 0 bridgehead atoms. The Labute approximate surface area is 171 Å². The Morgan fingerprint density at radius 1 is 1.10 bits per heavy atom. The Balaban J connectivity index is 1.65. The highest BCUT2D eigenvalue weighted by atomic mass is 16.7. The van der Waals surface area contributed by atoms with Crippen LogP contribution in [0, 0.1) is 0 Å². The zero-order valence-electron chi connectivity index (χ0n) is 16.1. The molecule has 2 aliphatic rings. The molecule has 12 heteroatoms. The molecule has 30 heavy (non-hydrogen) atoms. The SMILES string of the molecule is COc1cc(O[C@@H]2O[C@H](CO[C@@H]3OCC(O)(CO)[C@H]3O)[C@@H](O)[C@H](O)[C@H]2O)ccc1O. The van der Waals surface area contributed by atoms with E-state index in [1.807, 2.05) is 0 Å². The lowest BCUT2D eigenvalue weighted by molar-refractivity contribution is -0.289. The first-order chi connectivity index (χ1) is 14.2. The van der Waals surface area contributed by atoms with Crippen molar-refractivity contribution in [2.45, 2.75) is 48.7 Å². The Kier molecular flexibility index (Phi) is 7.02. The summed E-state index contributed by atoms with van der Waals surface area (Å²) in [5.74, 6) is 0.135. The van der Waals surface area contributed by atoms with E-state index in [2.05, 4.69) is 0 Å². The third-order valence-electron chi connectivity index (χ3n) is 5.08. The average Bonchev–Trinajstić information content (AvgIpc) is 3.03. The van der Waals surface area contributed by atoms with Crippen molar-refractivity contribution in [1.82, 2.24) is 0 Å². The van der Waals surface area contributed by atoms with Crippen LogP contribution in [0.4, 0.5) is 0 Å². The van der Waals surface area contributed by atoms with Gasteiger partial charge in [-0.15, -0.1) is 0 Å². The molecular weight excluding hydrogens is 408 g/mol. The summed E-state index contributed by atoms with van der Waals surface area (Å²) in [7, 11) is 1.34. The molecule has 0 saturated carbocycles. The number of methoxy groups -OCH3 is 1. The van der Waals surface area contributed by atoms with Crippen molar-refractivity contribution in [1.29, 1.82) is 0 Å². The molecular formula is C18H26O12. The van der Waals surface area contributed by atoms with Crippen LogP contribution in [0.15, 0.2) is 18.2 Å². The van der Waals surface area contributed by atoms with Crippen molar-refractivity contribution in [2.75, 3.05) is 26.9 Å². The minimum atomic E-state index is -1.88. The Morgan fingerprint density at radius 3 is 2.47 bits per heavy atom. The number of phenols is 1. The predicted octanol–water partition coefficient (Wildman–Crippen LogP) is -2.96. The van der Waals surface area contributed by atoms with Crippen molar-refractivity contribution >= 4 is 0 Å². The lowest BCUT2D eigenvalue weighted by atomic mass is 9.99. The van der Waals surface area contributed by atoms with Crippen LogP contribution in [0.2, 0.25) is 0 Å². The minimum absolute atomic E-state index is 0.113. The van der Waals surface area contributed by atoms with Gasteiger partial charge in [-0.25, -0.2) is 0 Å². The predicted molar refractivity (Wildman–Crippen MR) is 95.7 cm³/mol. The van der Waals surface area contributed by atoms with E-state index in [4.69, 9.17) is 28.8 Å². The van der Waals surface area contributed by atoms with Crippen molar-refractivity contribution in [3.05, 3.63) is 18.2 Å². The molecule has 1 aromatic carbocycles. The van der Waals surface area contributed by atoms with E-state index in [1.54, 1.807) is 0 Å². The number of rotatable bonds is 7. The molecule has 8 atom stereocenters. The number of aliphatic hydroxyl groups is 6. The van der Waals surface area contributed by atoms with Crippen LogP contribution in [-0.4, -0.2) is 111 Å². The van der Waals surface area contributed by atoms with E-state index in [0.717, 1.165) is 0 Å². The van der Waals surface area contributed by atoms with Crippen LogP contribution >= 0.6 is 0 Å². The first kappa shape index (κ1) is 22.9. The van der Waals surface area contributed by atoms with Crippen LogP contribution in [0.25, 0.3) is 0 Å². The van der Waals surface area contributed by atoms with E-state index < -0.39 is 61.9 Å². The Hall–Kier alpha value is -1.74. The average molecular weight is 434 g/mol. The number of ether oxygens (including phenoxy) is 5. The molecule has 0 radical (unpaired) electrons. The van der Waals surface area contributed by atoms with Gasteiger partial charge < -0.3 is 59.4 Å². The van der Waals surface area contributed by atoms with Gasteiger partial charge in [0.1, 0.15) is 41.9 Å². The van der Waals surface area contributed by atoms with E-state index in [9.17, 15) is 30.6 Å². The smallest absolute Gasteiger partial charge is 0.229 e. The molecule has 170 valence electrons. The lowest BCUT2D eigenvalue weighted by Crippen LogP contribution is -2.60. The number of benzene rings is 1. The summed E-state index contributed by atoms with van der Waals surface area (Å²) in [6.45, 7) is -1.50. The highest BCUT2D eigenvalue weighted by Crippen LogP contribution is 2.32. The molecule has 0 spiro atoms. The van der Waals surface area contributed by atoms with Crippen LogP contribution in [0.3, 0.4) is 0 Å². The number of hydrogen-bond donors (Lipinski definition) is 7. The van der Waals surface area contributed by atoms with Gasteiger partial charge in [0.2, 0.25) is 6.29 Å². The van der Waals surface area contributed by atoms with Gasteiger partial charge in [-0.05, 0) is 12.1 Å². The molecule has 2 fully saturated rings. The lowest BCUT2D eigenvalue weighted by Gasteiger charge is -2.40. The normalized spacial score (nSPS) is 39.1. The van der Waals surface area contributed by atoms with Gasteiger partial charge in [-0.3, -0.25) is 0 Å². The highest BCUT2D eigenvalue weighted by molar-refractivity contribution is 5.44. The van der Waals surface area contributed by atoms with Gasteiger partial charge in [-0.2, -0.15) is 0 Å². The Bertz CT molecular complexity index is 716. The number of hydrogen-bond acceptors (Lipinski definition) is 12. The summed E-state index contributed by atoms with van der Waals surface area (Å²) in [5.41, 5.74) is -1.88. The van der Waals surface area contributed by atoms with Gasteiger partial charge in [-0.1, -0.05) is 0 Å². The van der Waals surface area contributed by atoms with E-state index >= 15 is 0 Å². The van der Waals surface area contributed by atoms with Crippen LogP contribution in [0.5, 0.6) is 17.2 Å². The number of aliphatic hydroxyl groups excluding tert-OH is 5. The van der Waals surface area contributed by atoms with Crippen molar-refractivity contribution in [3.63, 3.8) is 0 Å². The standard InChI is InChI=1S/C18H26O12/c1-26-10-4-8(2-3-9(10)20)29-16-14(23)13(22)12(21)11(30-16)5-27-17-15(24)18(25,6-19)7-28-17/h2-4,11-17,19-25H,5-7H2,1H3/t11-,12-,13+,14-,15+,16-,17-,18?/m1/s1. The van der Waals surface area contributed by atoms with Crippen LogP contribution in [0.1, 0.15) is 0 Å². The van der Waals surface area contributed by atoms with Crippen LogP contribution < -0.4 is 9.47 Å². The third-order valence-corrected chi connectivity index (χ3v) is 5.08. The largest absolute Gasteiger partial charge is 0.504 e. The van der Waals surface area contributed by atoms with E-state index in [0.29, 0.717) is 0 Å². The maximum atomic E-state index is 10.2. The molecule has 12 nitrogen and oxygen atoms in total. The molecule has 0 aromatic heterocycles. The fraction of sp³-hybridized carbons (Fsp3) is 0.667. The molecule has 1 unspecified atom stereocenters. The molecule has 1 aromatic rings. The summed E-state index contributed by atoms with van der Waals surface area (Å²) in [5, 5.41) is 69.3. The zero-order valence-corrected chi connectivity index (χ0v) is 16.1. The molecule has 2 saturated heterocycles. The van der Waals surface area contributed by atoms with Crippen molar-refractivity contribution in [2.24, 2.45) is 0 Å². The molecule has 0 aliphatic carbocycles. The summed E-state index contributed by atoms with van der Waals surface area (Å²) in [6, 6.07) is 4.03. The van der Waals surface area contributed by atoms with E-state index in [-0.39, 0.29) is 23.9 Å². The first-order valence-corrected chi connectivity index (χ1v) is 9.18. The maximum absolute atomic E-state index is 10.2. The summed E-state index contributed by atoms with van der Waals surface area (Å²) < 4.78 is 26.4. The molecule has 0 amide bonds. The maximum Gasteiger partial charge on any atom is 0.229 e. The zero-order chi connectivity index (χ0) is 22.1. The molecule has 3 rings (SSSR count). The quantitative estimate of drug-likeness (QED) is 0.231. The van der Waals surface area contributed by atoms with Crippen molar-refractivity contribution < 1.29 is 59.4 Å². The summed E-state index contributed by atoms with van der Waals surface area (Å²) in [6.07, 6.45) is -10.2. The minimum Gasteiger partial charge on any atom is -0.504 e. The fourth-order valence-corrected chi connectivity index (χ4v) is 3.14. The second kappa shape index (κ2) is 9.18. The number of phenolic OH excluding ortho intramolecular Hbond substituents is 1. The van der Waals surface area contributed by atoms with Gasteiger partial charge in [0.25, 0.3) is 0 Å². The number of aromatic hydroxyl groups is 1. The first-order valence-electron chi connectivity index (χ1n) is 9.18. The second-order valence-electron chi connectivity index (χ2n) is 7.19. The van der Waals surface area contributed by atoms with Gasteiger partial charge in [0, 0.05) is 6.07 Å². The third kappa shape index (κ3) is 4.46. The van der Waals surface area contributed by atoms with E-state index in [1.165, 1.54) is 25.3 Å². The summed E-state index contributed by atoms with van der Waals surface area (Å²) >= 11 is 0. The van der Waals surface area contributed by atoms with Gasteiger partial charge in [0.15, 0.2) is 17.8 Å². The molecule has 7 N–H and O–H groups in total. The topological polar surface area (TPSA) is 188 Å². The second-order valence-corrected chi connectivity index (χ2v) is 7.19. The van der Waals surface area contributed by atoms with Crippen molar-refractivity contribution in [3.8, 4) is 17.2 Å². The highest BCUT2D eigenvalue weighted by Gasteiger charge is 2.50. The van der Waals surface area contributed by atoms with Gasteiger partial charge in [0.05, 0.1) is 26.9 Å². The monoisotopic (exact) mass is 434 g/mol. The molecule has 2 aliphatic heterocycles. The fourth-order valence-electron chi connectivity index (χ4n) is 3.14. The Morgan fingerprint density at radius 2 is 1.83 bits per heavy atom. The van der Waals surface area contributed by atoms with Gasteiger partial charge >= 0.3 is 0 Å².